The van der Waals surface area contributed by atoms with E-state index in [1.165, 1.54) is 6.20 Å². The molecule has 156 valence electrons. The van der Waals surface area contributed by atoms with Gasteiger partial charge in [-0.05, 0) is 39.3 Å². The van der Waals surface area contributed by atoms with E-state index < -0.39 is 12.1 Å². The highest BCUT2D eigenvalue weighted by Crippen LogP contribution is 2.34. The number of hydrogen-bond acceptors (Lipinski definition) is 6. The molecule has 1 N–H and O–H groups in total. The maximum atomic E-state index is 12.6. The van der Waals surface area contributed by atoms with E-state index in [-0.39, 0.29) is 29.5 Å². The minimum absolute atomic E-state index is 0.0643. The van der Waals surface area contributed by atoms with Gasteiger partial charge in [0, 0.05) is 30.4 Å². The molecule has 2 atom stereocenters. The summed E-state index contributed by atoms with van der Waals surface area (Å²) < 4.78 is 42.1. The molecule has 4 rings (SSSR count). The Morgan fingerprint density at radius 2 is 1.97 bits per heavy atom. The molecule has 2 aromatic rings. The van der Waals surface area contributed by atoms with Crippen LogP contribution in [-0.4, -0.2) is 56.8 Å². The highest BCUT2D eigenvalue weighted by atomic mass is 19.4. The first kappa shape index (κ1) is 19.5. The lowest BCUT2D eigenvalue weighted by molar-refractivity contribution is -0.159. The van der Waals surface area contributed by atoms with Crippen LogP contribution in [0.3, 0.4) is 0 Å². The van der Waals surface area contributed by atoms with Crippen molar-refractivity contribution in [3.8, 4) is 11.4 Å². The summed E-state index contributed by atoms with van der Waals surface area (Å²) in [4.78, 5) is 24.2. The lowest BCUT2D eigenvalue weighted by Crippen LogP contribution is -2.55. The van der Waals surface area contributed by atoms with Crippen molar-refractivity contribution >= 4 is 11.8 Å². The van der Waals surface area contributed by atoms with Crippen LogP contribution in [-0.2, 0) is 6.18 Å². The molecule has 2 fully saturated rings. The quantitative estimate of drug-likeness (QED) is 0.819. The lowest BCUT2D eigenvalue weighted by Gasteiger charge is -2.36. The number of pyridine rings is 1. The number of anilines is 1. The number of urea groups is 1. The smallest absolute Gasteiger partial charge is 0.350 e. The normalized spacial score (nSPS) is 21.7. The molecule has 0 radical (unpaired) electrons. The summed E-state index contributed by atoms with van der Waals surface area (Å²) in [6.45, 7) is 7.10. The molecular formula is C18H21F3N6O2. The van der Waals surface area contributed by atoms with E-state index in [9.17, 15) is 18.0 Å². The van der Waals surface area contributed by atoms with Gasteiger partial charge in [-0.3, -0.25) is 0 Å². The number of nitrogens with one attached hydrogen (secondary N) is 1. The average Bonchev–Trinajstić information content (AvgIpc) is 3.34. The summed E-state index contributed by atoms with van der Waals surface area (Å²) >= 11 is 0. The molecule has 11 heteroatoms. The number of rotatable bonds is 2. The molecular weight excluding hydrogens is 389 g/mol. The van der Waals surface area contributed by atoms with Crippen LogP contribution < -0.4 is 10.2 Å². The first-order chi connectivity index (χ1) is 13.5. The molecule has 4 heterocycles. The molecule has 29 heavy (non-hydrogen) atoms. The topological polar surface area (TPSA) is 87.4 Å². The first-order valence-electron chi connectivity index (χ1n) is 9.24. The second kappa shape index (κ2) is 6.60. The fourth-order valence-electron chi connectivity index (χ4n) is 3.73. The molecule has 0 spiro atoms. The Kier molecular flexibility index (Phi) is 4.43. The molecule has 0 saturated carbocycles. The number of carbonyl (C=O) groups excluding carboxylic acids is 1. The Labute approximate surface area is 165 Å². The summed E-state index contributed by atoms with van der Waals surface area (Å²) in [5, 5.41) is 6.35. The minimum atomic E-state index is -4.68. The summed E-state index contributed by atoms with van der Waals surface area (Å²) in [7, 11) is 0. The van der Waals surface area contributed by atoms with Crippen LogP contribution in [0.1, 0.15) is 33.1 Å². The van der Waals surface area contributed by atoms with Crippen LogP contribution in [0.15, 0.2) is 22.9 Å². The number of fused-ring (bicyclic) bond motifs is 2. The zero-order valence-electron chi connectivity index (χ0n) is 16.2. The predicted molar refractivity (Wildman–Crippen MR) is 97.1 cm³/mol. The maximum absolute atomic E-state index is 12.6. The van der Waals surface area contributed by atoms with E-state index in [0.29, 0.717) is 24.5 Å². The minimum Gasteiger partial charge on any atom is -0.350 e. The molecule has 2 aromatic heterocycles. The van der Waals surface area contributed by atoms with Gasteiger partial charge in [-0.15, -0.1) is 0 Å². The van der Waals surface area contributed by atoms with Crippen LogP contribution >= 0.6 is 0 Å². The van der Waals surface area contributed by atoms with Crippen LogP contribution in [0.25, 0.3) is 11.4 Å². The van der Waals surface area contributed by atoms with E-state index >= 15 is 0 Å². The van der Waals surface area contributed by atoms with Gasteiger partial charge in [-0.25, -0.2) is 9.78 Å². The van der Waals surface area contributed by atoms with E-state index in [4.69, 9.17) is 0 Å². The summed E-state index contributed by atoms with van der Waals surface area (Å²) in [5.41, 5.74) is 0.0421. The van der Waals surface area contributed by atoms with Crippen LogP contribution in [0.5, 0.6) is 0 Å². The highest BCUT2D eigenvalue weighted by molar-refractivity contribution is 5.76. The van der Waals surface area contributed by atoms with Gasteiger partial charge in [0.05, 0.1) is 12.1 Å². The highest BCUT2D eigenvalue weighted by Gasteiger charge is 2.46. The Bertz CT molecular complexity index is 906. The second-order valence-corrected chi connectivity index (χ2v) is 8.35. The van der Waals surface area contributed by atoms with Crippen LogP contribution in [0.2, 0.25) is 0 Å². The van der Waals surface area contributed by atoms with Crippen molar-refractivity contribution in [2.45, 2.75) is 51.0 Å². The molecule has 2 bridgehead atoms. The zero-order chi connectivity index (χ0) is 21.0. The summed E-state index contributed by atoms with van der Waals surface area (Å²) in [6, 6.07) is 3.54. The Morgan fingerprint density at radius 1 is 1.21 bits per heavy atom. The Hall–Kier alpha value is -2.85. The van der Waals surface area contributed by atoms with Gasteiger partial charge in [-0.2, -0.15) is 18.2 Å². The third-order valence-electron chi connectivity index (χ3n) is 4.95. The molecule has 8 nitrogen and oxygen atoms in total. The van der Waals surface area contributed by atoms with Gasteiger partial charge in [0.1, 0.15) is 5.82 Å². The van der Waals surface area contributed by atoms with Crippen molar-refractivity contribution in [2.24, 2.45) is 0 Å². The predicted octanol–water partition coefficient (Wildman–Crippen LogP) is 2.92. The van der Waals surface area contributed by atoms with Crippen molar-refractivity contribution < 1.29 is 22.5 Å². The standard InChI is InChI=1S/C18H21F3N6O2/c1-17(2,3)24-16(28)27-9-11-6-12(27)8-26(11)13-5-4-10(7-22-13)14-23-15(29-25-14)18(19,20)21/h4-5,7,11-12H,6,8-9H2,1-3H3,(H,24,28)/t11?,12-/m0/s1. The van der Waals surface area contributed by atoms with E-state index in [1.54, 1.807) is 12.1 Å². The number of piperazine rings is 1. The number of likely N-dealkylation sites (tertiary alicyclic amines) is 1. The van der Waals surface area contributed by atoms with Crippen molar-refractivity contribution in [3.05, 3.63) is 24.2 Å². The number of nitrogens with zero attached hydrogens (tertiary/aromatic N) is 5. The molecule has 1 unspecified atom stereocenters. The van der Waals surface area contributed by atoms with Crippen molar-refractivity contribution in [1.29, 1.82) is 0 Å². The molecule has 2 aliphatic heterocycles. The van der Waals surface area contributed by atoms with E-state index in [1.807, 2.05) is 25.7 Å². The number of carbonyl (C=O) groups is 1. The fourth-order valence-corrected chi connectivity index (χ4v) is 3.73. The maximum Gasteiger partial charge on any atom is 0.471 e. The van der Waals surface area contributed by atoms with Crippen LogP contribution in [0.4, 0.5) is 23.8 Å². The van der Waals surface area contributed by atoms with Crippen molar-refractivity contribution in [1.82, 2.24) is 25.3 Å². The number of alkyl halides is 3. The largest absolute Gasteiger partial charge is 0.471 e. The van der Waals surface area contributed by atoms with E-state index in [2.05, 4.69) is 29.9 Å². The third-order valence-corrected chi connectivity index (χ3v) is 4.95. The molecule has 0 aliphatic carbocycles. The number of hydrogen-bond donors (Lipinski definition) is 1. The first-order valence-corrected chi connectivity index (χ1v) is 9.24. The Morgan fingerprint density at radius 3 is 2.48 bits per heavy atom. The molecule has 2 saturated heterocycles. The lowest BCUT2D eigenvalue weighted by atomic mass is 10.1. The monoisotopic (exact) mass is 410 g/mol. The number of halogens is 3. The van der Waals surface area contributed by atoms with Crippen molar-refractivity contribution in [2.75, 3.05) is 18.0 Å². The molecule has 2 amide bonds. The van der Waals surface area contributed by atoms with Crippen LogP contribution in [0, 0.1) is 0 Å². The van der Waals surface area contributed by atoms with Gasteiger partial charge < -0.3 is 19.6 Å². The van der Waals surface area contributed by atoms with Crippen molar-refractivity contribution in [3.63, 3.8) is 0 Å². The SMILES string of the molecule is CC(C)(C)NC(=O)N1CC2C[C@H]1CN2c1ccc(-c2noc(C(F)(F)F)n2)cn1. The van der Waals surface area contributed by atoms with Gasteiger partial charge in [-0.1, -0.05) is 5.16 Å². The average molecular weight is 410 g/mol. The van der Waals surface area contributed by atoms with Gasteiger partial charge in [0.25, 0.3) is 0 Å². The number of aromatic nitrogens is 3. The Balaban J connectivity index is 1.43. The third kappa shape index (κ3) is 3.85. The number of amides is 2. The molecule has 2 aliphatic rings. The van der Waals surface area contributed by atoms with E-state index in [0.717, 1.165) is 6.42 Å². The zero-order valence-corrected chi connectivity index (χ0v) is 16.2. The summed E-state index contributed by atoms with van der Waals surface area (Å²) in [5.74, 6) is -0.844. The van der Waals surface area contributed by atoms with Gasteiger partial charge in [0.15, 0.2) is 0 Å². The second-order valence-electron chi connectivity index (χ2n) is 8.35. The fraction of sp³-hybridized carbons (Fsp3) is 0.556. The van der Waals surface area contributed by atoms with Gasteiger partial charge >= 0.3 is 18.1 Å². The van der Waals surface area contributed by atoms with Gasteiger partial charge in [0.2, 0.25) is 5.82 Å². The molecule has 0 aromatic carbocycles. The summed E-state index contributed by atoms with van der Waals surface area (Å²) in [6.07, 6.45) is -2.39.